The molecule has 0 saturated heterocycles. The third-order valence-electron chi connectivity index (χ3n) is 2.58. The van der Waals surface area contributed by atoms with Crippen LogP contribution in [0.4, 0.5) is 0 Å². The minimum Gasteiger partial charge on any atom is -0.294 e. The van der Waals surface area contributed by atoms with Crippen LogP contribution in [0.25, 0.3) is 0 Å². The van der Waals surface area contributed by atoms with E-state index in [4.69, 9.17) is 0 Å². The molecule has 0 aliphatic heterocycles. The SMILES string of the molecule is Cl.O=C(CCc1ccccc1)c1ccccc1. The molecule has 2 aromatic carbocycles. The molecule has 0 heterocycles. The molecule has 2 aromatic rings. The molecule has 0 amide bonds. The second kappa shape index (κ2) is 6.87. The Morgan fingerprint density at radius 2 is 1.35 bits per heavy atom. The van der Waals surface area contributed by atoms with Gasteiger partial charge in [-0.2, -0.15) is 0 Å². The Bertz CT molecular complexity index is 451. The zero-order valence-corrected chi connectivity index (χ0v) is 10.3. The van der Waals surface area contributed by atoms with Crippen LogP contribution < -0.4 is 0 Å². The van der Waals surface area contributed by atoms with Gasteiger partial charge in [0.05, 0.1) is 0 Å². The van der Waals surface area contributed by atoms with Crippen LogP contribution >= 0.6 is 12.4 Å². The van der Waals surface area contributed by atoms with Crippen molar-refractivity contribution in [2.24, 2.45) is 0 Å². The molecule has 0 radical (unpaired) electrons. The Balaban J connectivity index is 0.00000144. The Kier molecular flexibility index (Phi) is 5.44. The lowest BCUT2D eigenvalue weighted by atomic mass is 10.0. The van der Waals surface area contributed by atoms with Crippen LogP contribution in [0.5, 0.6) is 0 Å². The molecule has 88 valence electrons. The van der Waals surface area contributed by atoms with Crippen molar-refractivity contribution in [2.75, 3.05) is 0 Å². The first-order valence-electron chi connectivity index (χ1n) is 5.48. The van der Waals surface area contributed by atoms with Gasteiger partial charge in [-0.25, -0.2) is 0 Å². The highest BCUT2D eigenvalue weighted by Gasteiger charge is 2.04. The van der Waals surface area contributed by atoms with Gasteiger partial charge in [0.2, 0.25) is 0 Å². The van der Waals surface area contributed by atoms with Gasteiger partial charge in [0.25, 0.3) is 0 Å². The summed E-state index contributed by atoms with van der Waals surface area (Å²) in [5.74, 6) is 0.212. The summed E-state index contributed by atoms with van der Waals surface area (Å²) >= 11 is 0. The zero-order valence-electron chi connectivity index (χ0n) is 9.50. The van der Waals surface area contributed by atoms with Crippen LogP contribution in [-0.4, -0.2) is 5.78 Å². The van der Waals surface area contributed by atoms with Gasteiger partial charge in [-0.3, -0.25) is 4.79 Å². The fourth-order valence-electron chi connectivity index (χ4n) is 1.67. The lowest BCUT2D eigenvalue weighted by molar-refractivity contribution is 0.0983. The lowest BCUT2D eigenvalue weighted by Gasteiger charge is -2.01. The van der Waals surface area contributed by atoms with Crippen molar-refractivity contribution in [3.8, 4) is 0 Å². The maximum absolute atomic E-state index is 11.8. The summed E-state index contributed by atoms with van der Waals surface area (Å²) < 4.78 is 0. The van der Waals surface area contributed by atoms with E-state index < -0.39 is 0 Å². The van der Waals surface area contributed by atoms with Crippen LogP contribution in [0.15, 0.2) is 60.7 Å². The van der Waals surface area contributed by atoms with Crippen LogP contribution in [0.1, 0.15) is 22.3 Å². The van der Waals surface area contributed by atoms with Gasteiger partial charge in [0.15, 0.2) is 5.78 Å². The molecular formula is C15H15ClO. The predicted octanol–water partition coefficient (Wildman–Crippen LogP) is 3.92. The molecule has 0 bridgehead atoms. The highest BCUT2D eigenvalue weighted by atomic mass is 35.5. The molecule has 0 unspecified atom stereocenters. The smallest absolute Gasteiger partial charge is 0.163 e. The maximum atomic E-state index is 11.8. The predicted molar refractivity (Wildman–Crippen MR) is 72.8 cm³/mol. The largest absolute Gasteiger partial charge is 0.294 e. The number of halogens is 1. The third-order valence-corrected chi connectivity index (χ3v) is 2.58. The molecule has 1 nitrogen and oxygen atoms in total. The van der Waals surface area contributed by atoms with Crippen molar-refractivity contribution in [3.63, 3.8) is 0 Å². The molecular weight excluding hydrogens is 232 g/mol. The highest BCUT2D eigenvalue weighted by molar-refractivity contribution is 5.96. The number of ketones is 1. The molecule has 17 heavy (non-hydrogen) atoms. The summed E-state index contributed by atoms with van der Waals surface area (Å²) in [6, 6.07) is 19.6. The Morgan fingerprint density at radius 1 is 0.824 bits per heavy atom. The molecule has 0 aliphatic rings. The third kappa shape index (κ3) is 4.04. The van der Waals surface area contributed by atoms with Crippen molar-refractivity contribution >= 4 is 18.2 Å². The van der Waals surface area contributed by atoms with Gasteiger partial charge in [-0.05, 0) is 12.0 Å². The first-order valence-corrected chi connectivity index (χ1v) is 5.48. The van der Waals surface area contributed by atoms with Crippen LogP contribution in [0.3, 0.4) is 0 Å². The summed E-state index contributed by atoms with van der Waals surface area (Å²) in [7, 11) is 0. The van der Waals surface area contributed by atoms with E-state index in [0.717, 1.165) is 12.0 Å². The van der Waals surface area contributed by atoms with Crippen LogP contribution in [0, 0.1) is 0 Å². The number of aryl methyl sites for hydroxylation is 1. The average molecular weight is 247 g/mol. The van der Waals surface area contributed by atoms with E-state index in [1.165, 1.54) is 5.56 Å². The second-order valence-corrected chi connectivity index (χ2v) is 3.77. The molecule has 2 rings (SSSR count). The lowest BCUT2D eigenvalue weighted by Crippen LogP contribution is -2.00. The van der Waals surface area contributed by atoms with Gasteiger partial charge in [-0.1, -0.05) is 60.7 Å². The molecule has 0 atom stereocenters. The number of hydrogen-bond donors (Lipinski definition) is 0. The molecule has 0 spiro atoms. The normalized spacial score (nSPS) is 9.41. The van der Waals surface area contributed by atoms with Crippen molar-refractivity contribution in [2.45, 2.75) is 12.8 Å². The maximum Gasteiger partial charge on any atom is 0.163 e. The van der Waals surface area contributed by atoms with E-state index in [9.17, 15) is 4.79 Å². The first kappa shape index (κ1) is 13.5. The van der Waals surface area contributed by atoms with Gasteiger partial charge >= 0.3 is 0 Å². The highest BCUT2D eigenvalue weighted by Crippen LogP contribution is 2.08. The Morgan fingerprint density at radius 3 is 1.94 bits per heavy atom. The van der Waals surface area contributed by atoms with Gasteiger partial charge in [-0.15, -0.1) is 12.4 Å². The van der Waals surface area contributed by atoms with Crippen LogP contribution in [-0.2, 0) is 6.42 Å². The second-order valence-electron chi connectivity index (χ2n) is 3.77. The van der Waals surface area contributed by atoms with E-state index in [1.54, 1.807) is 0 Å². The molecule has 0 aromatic heterocycles. The molecule has 0 N–H and O–H groups in total. The van der Waals surface area contributed by atoms with Gasteiger partial charge < -0.3 is 0 Å². The van der Waals surface area contributed by atoms with Crippen molar-refractivity contribution in [1.29, 1.82) is 0 Å². The van der Waals surface area contributed by atoms with Crippen molar-refractivity contribution < 1.29 is 4.79 Å². The average Bonchev–Trinajstić information content (AvgIpc) is 2.38. The topological polar surface area (TPSA) is 17.1 Å². The number of rotatable bonds is 4. The number of carbonyl (C=O) groups is 1. The van der Waals surface area contributed by atoms with E-state index >= 15 is 0 Å². The van der Waals surface area contributed by atoms with E-state index in [1.807, 2.05) is 48.5 Å². The zero-order chi connectivity index (χ0) is 11.2. The number of hydrogen-bond acceptors (Lipinski definition) is 1. The van der Waals surface area contributed by atoms with E-state index in [-0.39, 0.29) is 18.2 Å². The quantitative estimate of drug-likeness (QED) is 0.748. The van der Waals surface area contributed by atoms with E-state index in [2.05, 4.69) is 12.1 Å². The molecule has 0 aliphatic carbocycles. The molecule has 0 fully saturated rings. The first-order chi connectivity index (χ1) is 7.86. The summed E-state index contributed by atoms with van der Waals surface area (Å²) in [6.45, 7) is 0. The Labute approximate surface area is 108 Å². The van der Waals surface area contributed by atoms with Gasteiger partial charge in [0, 0.05) is 12.0 Å². The Hall–Kier alpha value is -1.60. The van der Waals surface area contributed by atoms with Crippen molar-refractivity contribution in [1.82, 2.24) is 0 Å². The summed E-state index contributed by atoms with van der Waals surface area (Å²) in [5.41, 5.74) is 2.02. The van der Waals surface area contributed by atoms with Crippen LogP contribution in [0.2, 0.25) is 0 Å². The monoisotopic (exact) mass is 246 g/mol. The van der Waals surface area contributed by atoms with Gasteiger partial charge in [0.1, 0.15) is 0 Å². The standard InChI is InChI=1S/C15H14O.ClH/c16-15(14-9-5-2-6-10-14)12-11-13-7-3-1-4-8-13;/h1-10H,11-12H2;1H. The summed E-state index contributed by atoms with van der Waals surface area (Å²) in [4.78, 5) is 11.8. The summed E-state index contributed by atoms with van der Waals surface area (Å²) in [6.07, 6.45) is 1.39. The fourth-order valence-corrected chi connectivity index (χ4v) is 1.67. The number of carbonyl (C=O) groups excluding carboxylic acids is 1. The number of benzene rings is 2. The fraction of sp³-hybridized carbons (Fsp3) is 0.133. The minimum atomic E-state index is 0. The number of Topliss-reactive ketones (excluding diaryl/α,β-unsaturated/α-hetero) is 1. The van der Waals surface area contributed by atoms with E-state index in [0.29, 0.717) is 6.42 Å². The molecule has 0 saturated carbocycles. The van der Waals surface area contributed by atoms with Crippen molar-refractivity contribution in [3.05, 3.63) is 71.8 Å². The summed E-state index contributed by atoms with van der Waals surface area (Å²) in [5, 5.41) is 0. The minimum absolute atomic E-state index is 0. The molecule has 2 heteroatoms.